The first kappa shape index (κ1) is 10.5. The van der Waals surface area contributed by atoms with Gasteiger partial charge in [0.25, 0.3) is 0 Å². The van der Waals surface area contributed by atoms with E-state index in [1.807, 2.05) is 6.20 Å². The van der Waals surface area contributed by atoms with Gasteiger partial charge in [-0.15, -0.1) is 0 Å². The first-order valence-electron chi connectivity index (χ1n) is 6.13. The minimum absolute atomic E-state index is 0.734. The van der Waals surface area contributed by atoms with Crippen LogP contribution in [0, 0.1) is 12.8 Å². The van der Waals surface area contributed by atoms with Crippen molar-refractivity contribution in [3.63, 3.8) is 0 Å². The summed E-state index contributed by atoms with van der Waals surface area (Å²) in [6.45, 7) is 5.40. The van der Waals surface area contributed by atoms with Crippen molar-refractivity contribution < 1.29 is 0 Å². The molecule has 0 unspecified atom stereocenters. The lowest BCUT2D eigenvalue weighted by molar-refractivity contribution is 0.297. The fraction of sp³-hybridized carbons (Fsp3) is 0.357. The van der Waals surface area contributed by atoms with E-state index in [-0.39, 0.29) is 0 Å². The zero-order valence-electron chi connectivity index (χ0n) is 10.1. The monoisotopic (exact) mass is 227 g/mol. The van der Waals surface area contributed by atoms with Crippen LogP contribution >= 0.6 is 0 Å². The summed E-state index contributed by atoms with van der Waals surface area (Å²) in [5.41, 5.74) is 3.83. The second-order valence-electron chi connectivity index (χ2n) is 4.74. The summed E-state index contributed by atoms with van der Waals surface area (Å²) in [6.07, 6.45) is 1.90. The van der Waals surface area contributed by atoms with Gasteiger partial charge in [-0.2, -0.15) is 5.10 Å². The quantitative estimate of drug-likeness (QED) is 0.870. The maximum atomic E-state index is 4.44. The molecule has 88 valence electrons. The van der Waals surface area contributed by atoms with Gasteiger partial charge in [0.1, 0.15) is 0 Å². The van der Waals surface area contributed by atoms with Gasteiger partial charge >= 0.3 is 0 Å². The van der Waals surface area contributed by atoms with Crippen LogP contribution in [-0.2, 0) is 6.54 Å². The highest BCUT2D eigenvalue weighted by atomic mass is 15.3. The molecule has 1 aromatic heterocycles. The summed E-state index contributed by atoms with van der Waals surface area (Å²) in [5, 5.41) is 7.75. The fourth-order valence-corrected chi connectivity index (χ4v) is 2.29. The fourth-order valence-electron chi connectivity index (χ4n) is 2.29. The van der Waals surface area contributed by atoms with Crippen molar-refractivity contribution >= 4 is 0 Å². The van der Waals surface area contributed by atoms with Crippen molar-refractivity contribution in [2.24, 2.45) is 5.92 Å². The summed E-state index contributed by atoms with van der Waals surface area (Å²) >= 11 is 0. The number of benzene rings is 1. The van der Waals surface area contributed by atoms with Gasteiger partial charge in [-0.1, -0.05) is 24.3 Å². The molecule has 2 aromatic rings. The highest BCUT2D eigenvalue weighted by Crippen LogP contribution is 2.23. The van der Waals surface area contributed by atoms with Crippen LogP contribution in [0.5, 0.6) is 0 Å². The maximum absolute atomic E-state index is 4.44. The second-order valence-corrected chi connectivity index (χ2v) is 4.74. The van der Waals surface area contributed by atoms with Gasteiger partial charge in [0.2, 0.25) is 0 Å². The van der Waals surface area contributed by atoms with Gasteiger partial charge in [-0.3, -0.25) is 4.68 Å². The van der Waals surface area contributed by atoms with E-state index >= 15 is 0 Å². The number of rotatable bonds is 3. The Morgan fingerprint density at radius 1 is 1.29 bits per heavy atom. The van der Waals surface area contributed by atoms with Crippen LogP contribution in [0.3, 0.4) is 0 Å². The molecule has 0 atom stereocenters. The Labute approximate surface area is 101 Å². The molecule has 1 fully saturated rings. The summed E-state index contributed by atoms with van der Waals surface area (Å²) in [6, 6.07) is 10.6. The van der Waals surface area contributed by atoms with E-state index in [4.69, 9.17) is 0 Å². The van der Waals surface area contributed by atoms with Crippen LogP contribution in [0.4, 0.5) is 0 Å². The van der Waals surface area contributed by atoms with Gasteiger partial charge < -0.3 is 5.32 Å². The smallest absolute Gasteiger partial charge is 0.0685 e. The van der Waals surface area contributed by atoms with Crippen molar-refractivity contribution in [2.45, 2.75) is 13.5 Å². The largest absolute Gasteiger partial charge is 0.316 e. The van der Waals surface area contributed by atoms with Crippen LogP contribution in [0.1, 0.15) is 5.56 Å². The molecule has 0 aliphatic carbocycles. The Morgan fingerprint density at radius 3 is 2.82 bits per heavy atom. The predicted molar refractivity (Wildman–Crippen MR) is 68.8 cm³/mol. The molecule has 0 bridgehead atoms. The average Bonchev–Trinajstić information content (AvgIpc) is 2.72. The maximum Gasteiger partial charge on any atom is 0.0685 e. The zero-order valence-corrected chi connectivity index (χ0v) is 10.1. The number of hydrogen-bond acceptors (Lipinski definition) is 2. The van der Waals surface area contributed by atoms with E-state index in [0.717, 1.165) is 25.6 Å². The number of nitrogens with zero attached hydrogens (tertiary/aromatic N) is 2. The van der Waals surface area contributed by atoms with Crippen molar-refractivity contribution in [1.82, 2.24) is 15.1 Å². The molecule has 0 spiro atoms. The van der Waals surface area contributed by atoms with Crippen LogP contribution in [0.25, 0.3) is 11.3 Å². The minimum Gasteiger partial charge on any atom is -0.316 e. The predicted octanol–water partition coefficient (Wildman–Crippen LogP) is 2.08. The number of nitrogens with one attached hydrogen (secondary N) is 1. The van der Waals surface area contributed by atoms with Crippen molar-refractivity contribution in [3.05, 3.63) is 42.1 Å². The van der Waals surface area contributed by atoms with Crippen LogP contribution in [-0.4, -0.2) is 22.9 Å². The molecular weight excluding hydrogens is 210 g/mol. The second kappa shape index (κ2) is 4.34. The summed E-state index contributed by atoms with van der Waals surface area (Å²) in [7, 11) is 0. The van der Waals surface area contributed by atoms with Gasteiger partial charge in [0, 0.05) is 37.3 Å². The van der Waals surface area contributed by atoms with E-state index in [9.17, 15) is 0 Å². The summed E-state index contributed by atoms with van der Waals surface area (Å²) < 4.78 is 2.13. The molecule has 3 nitrogen and oxygen atoms in total. The van der Waals surface area contributed by atoms with E-state index in [0.29, 0.717) is 0 Å². The topological polar surface area (TPSA) is 29.9 Å². The minimum atomic E-state index is 0.734. The molecule has 1 aliphatic heterocycles. The molecule has 1 N–H and O–H groups in total. The molecule has 0 radical (unpaired) electrons. The molecule has 2 heterocycles. The lowest BCUT2D eigenvalue weighted by Gasteiger charge is -2.27. The SMILES string of the molecule is Cc1ccccc1-c1ccnn1CC1CNC1. The van der Waals surface area contributed by atoms with Crippen LogP contribution < -0.4 is 5.32 Å². The van der Waals surface area contributed by atoms with Crippen LogP contribution in [0.2, 0.25) is 0 Å². The van der Waals surface area contributed by atoms with E-state index < -0.39 is 0 Å². The van der Waals surface area contributed by atoms with Gasteiger partial charge in [0.05, 0.1) is 5.69 Å². The Hall–Kier alpha value is -1.61. The van der Waals surface area contributed by atoms with Crippen molar-refractivity contribution in [1.29, 1.82) is 0 Å². The molecule has 17 heavy (non-hydrogen) atoms. The molecule has 3 rings (SSSR count). The molecule has 3 heteroatoms. The Morgan fingerprint density at radius 2 is 2.12 bits per heavy atom. The Balaban J connectivity index is 1.92. The van der Waals surface area contributed by atoms with Gasteiger partial charge in [-0.05, 0) is 18.6 Å². The third kappa shape index (κ3) is 1.98. The average molecular weight is 227 g/mol. The van der Waals surface area contributed by atoms with E-state index in [1.165, 1.54) is 16.8 Å². The molecule has 0 saturated carbocycles. The first-order valence-corrected chi connectivity index (χ1v) is 6.13. The molecular formula is C14H17N3. The normalized spacial score (nSPS) is 15.8. The van der Waals surface area contributed by atoms with Crippen molar-refractivity contribution in [2.75, 3.05) is 13.1 Å². The number of aromatic nitrogens is 2. The summed E-state index contributed by atoms with van der Waals surface area (Å²) in [5.74, 6) is 0.734. The molecule has 1 aromatic carbocycles. The lowest BCUT2D eigenvalue weighted by atomic mass is 10.0. The van der Waals surface area contributed by atoms with Crippen molar-refractivity contribution in [3.8, 4) is 11.3 Å². The Kier molecular flexibility index (Phi) is 2.69. The summed E-state index contributed by atoms with van der Waals surface area (Å²) in [4.78, 5) is 0. The van der Waals surface area contributed by atoms with E-state index in [1.54, 1.807) is 0 Å². The Bertz CT molecular complexity index is 512. The van der Waals surface area contributed by atoms with Gasteiger partial charge in [-0.25, -0.2) is 0 Å². The zero-order chi connectivity index (χ0) is 11.7. The number of hydrogen-bond donors (Lipinski definition) is 1. The third-order valence-electron chi connectivity index (χ3n) is 3.43. The molecule has 0 amide bonds. The third-order valence-corrected chi connectivity index (χ3v) is 3.43. The highest BCUT2D eigenvalue weighted by Gasteiger charge is 2.19. The molecule has 1 aliphatic rings. The molecule has 1 saturated heterocycles. The first-order chi connectivity index (χ1) is 8.34. The lowest BCUT2D eigenvalue weighted by Crippen LogP contribution is -2.44. The standard InChI is InChI=1S/C14H17N3/c1-11-4-2-3-5-13(11)14-6-7-16-17(14)10-12-8-15-9-12/h2-7,12,15H,8-10H2,1H3. The van der Waals surface area contributed by atoms with Crippen LogP contribution in [0.15, 0.2) is 36.5 Å². The van der Waals surface area contributed by atoms with E-state index in [2.05, 4.69) is 52.4 Å². The number of aryl methyl sites for hydroxylation is 1. The highest BCUT2D eigenvalue weighted by molar-refractivity contribution is 5.63. The van der Waals surface area contributed by atoms with Gasteiger partial charge in [0.15, 0.2) is 0 Å².